The normalized spacial score (nSPS) is 17.1. The van der Waals surface area contributed by atoms with Gasteiger partial charge in [-0.05, 0) is 29.8 Å². The van der Waals surface area contributed by atoms with E-state index in [-0.39, 0.29) is 5.89 Å². The fourth-order valence-corrected chi connectivity index (χ4v) is 4.26. The van der Waals surface area contributed by atoms with Crippen LogP contribution in [0.2, 0.25) is 0 Å². The third-order valence-corrected chi connectivity index (χ3v) is 6.36. The van der Waals surface area contributed by atoms with Gasteiger partial charge in [0.05, 0.1) is 19.3 Å². The first-order valence-electron chi connectivity index (χ1n) is 11.4. The van der Waals surface area contributed by atoms with Gasteiger partial charge in [0.15, 0.2) is 0 Å². The summed E-state index contributed by atoms with van der Waals surface area (Å²) in [6.07, 6.45) is -2.78. The van der Waals surface area contributed by atoms with Crippen molar-refractivity contribution in [2.75, 3.05) is 44.3 Å². The maximum absolute atomic E-state index is 12.8. The van der Waals surface area contributed by atoms with Crippen LogP contribution in [0.4, 0.5) is 14.5 Å². The lowest BCUT2D eigenvalue weighted by Gasteiger charge is -2.45. The first-order chi connectivity index (χ1) is 16.6. The number of rotatable bonds is 8. The summed E-state index contributed by atoms with van der Waals surface area (Å²) in [5, 5.41) is 7.12. The molecule has 3 heterocycles. The van der Waals surface area contributed by atoms with Gasteiger partial charge < -0.3 is 19.0 Å². The second kappa shape index (κ2) is 9.90. The molecule has 0 amide bonds. The molecular weight excluding hydrogens is 440 g/mol. The number of aromatic nitrogens is 2. The quantitative estimate of drug-likeness (QED) is 0.493. The molecule has 0 radical (unpaired) electrons. The Balaban J connectivity index is 1.30. The highest BCUT2D eigenvalue weighted by Crippen LogP contribution is 2.27. The number of para-hydroxylation sites is 1. The molecule has 2 aliphatic heterocycles. The topological polar surface area (TPSA) is 57.9 Å². The molecule has 34 heavy (non-hydrogen) atoms. The smallest absolute Gasteiger partial charge is 0.314 e. The van der Waals surface area contributed by atoms with E-state index in [1.165, 1.54) is 0 Å². The van der Waals surface area contributed by atoms with Gasteiger partial charge in [0.2, 0.25) is 5.89 Å². The minimum atomic E-state index is -2.78. The fourth-order valence-electron chi connectivity index (χ4n) is 4.26. The van der Waals surface area contributed by atoms with Gasteiger partial charge in [0.1, 0.15) is 5.82 Å². The Morgan fingerprint density at radius 1 is 1.00 bits per heavy atom. The van der Waals surface area contributed by atoms with Crippen molar-refractivity contribution in [3.05, 3.63) is 78.5 Å². The Hall–Kier alpha value is -3.30. The molecule has 2 fully saturated rings. The summed E-state index contributed by atoms with van der Waals surface area (Å²) >= 11 is 0. The molecule has 0 N–H and O–H groups in total. The summed E-state index contributed by atoms with van der Waals surface area (Å²) in [5.74, 6) is 0.370. The van der Waals surface area contributed by atoms with E-state index in [0.717, 1.165) is 56.5 Å². The monoisotopic (exact) mass is 467 g/mol. The van der Waals surface area contributed by atoms with E-state index in [0.29, 0.717) is 18.2 Å². The lowest BCUT2D eigenvalue weighted by Crippen LogP contribution is -2.57. The van der Waals surface area contributed by atoms with Gasteiger partial charge in [0, 0.05) is 44.0 Å². The highest BCUT2D eigenvalue weighted by Gasteiger charge is 2.30. The van der Waals surface area contributed by atoms with Crippen LogP contribution in [0.15, 0.2) is 71.4 Å². The SMILES string of the molecule is C=C(N1CCN(C2COC2)CC1)N(Cc1ccc(-c2nnc(C(F)F)o2)cc1)c1ccccc1. The third-order valence-electron chi connectivity index (χ3n) is 6.36. The molecule has 0 aliphatic carbocycles. The number of halogens is 2. The van der Waals surface area contributed by atoms with Crippen LogP contribution in [0, 0.1) is 0 Å². The van der Waals surface area contributed by atoms with Crippen LogP contribution < -0.4 is 4.90 Å². The van der Waals surface area contributed by atoms with E-state index < -0.39 is 12.3 Å². The lowest BCUT2D eigenvalue weighted by atomic mass is 10.1. The highest BCUT2D eigenvalue weighted by atomic mass is 19.3. The molecule has 5 rings (SSSR count). The van der Waals surface area contributed by atoms with Gasteiger partial charge in [-0.3, -0.25) is 4.90 Å². The summed E-state index contributed by atoms with van der Waals surface area (Å²) in [6, 6.07) is 18.2. The third kappa shape index (κ3) is 4.80. The summed E-state index contributed by atoms with van der Waals surface area (Å²) in [6.45, 7) is 10.6. The summed E-state index contributed by atoms with van der Waals surface area (Å²) in [4.78, 5) is 7.04. The summed E-state index contributed by atoms with van der Waals surface area (Å²) in [5.41, 5.74) is 2.71. The van der Waals surface area contributed by atoms with Crippen molar-refractivity contribution in [3.63, 3.8) is 0 Å². The van der Waals surface area contributed by atoms with Crippen LogP contribution in [0.25, 0.3) is 11.5 Å². The number of hydrogen-bond donors (Lipinski definition) is 0. The van der Waals surface area contributed by atoms with Crippen molar-refractivity contribution in [2.24, 2.45) is 0 Å². The second-order valence-corrected chi connectivity index (χ2v) is 8.50. The molecule has 2 saturated heterocycles. The van der Waals surface area contributed by atoms with Crippen molar-refractivity contribution >= 4 is 5.69 Å². The molecule has 1 aromatic heterocycles. The van der Waals surface area contributed by atoms with Crippen LogP contribution >= 0.6 is 0 Å². The summed E-state index contributed by atoms with van der Waals surface area (Å²) in [7, 11) is 0. The molecule has 0 saturated carbocycles. The van der Waals surface area contributed by atoms with E-state index in [1.807, 2.05) is 42.5 Å². The maximum atomic E-state index is 12.8. The zero-order valence-corrected chi connectivity index (χ0v) is 18.8. The lowest BCUT2D eigenvalue weighted by molar-refractivity contribution is -0.0748. The molecule has 7 nitrogen and oxygen atoms in total. The second-order valence-electron chi connectivity index (χ2n) is 8.50. The zero-order valence-electron chi connectivity index (χ0n) is 18.8. The van der Waals surface area contributed by atoms with Crippen molar-refractivity contribution in [1.29, 1.82) is 0 Å². The van der Waals surface area contributed by atoms with Gasteiger partial charge in [-0.15, -0.1) is 10.2 Å². The molecule has 0 spiro atoms. The Bertz CT molecular complexity index is 1090. The molecule has 178 valence electrons. The van der Waals surface area contributed by atoms with E-state index in [2.05, 4.69) is 43.6 Å². The molecule has 0 bridgehead atoms. The Kier molecular flexibility index (Phi) is 6.55. The Morgan fingerprint density at radius 2 is 1.71 bits per heavy atom. The Labute approximate surface area is 197 Å². The predicted octanol–water partition coefficient (Wildman–Crippen LogP) is 4.17. The van der Waals surface area contributed by atoms with Crippen molar-refractivity contribution in [1.82, 2.24) is 20.0 Å². The predicted molar refractivity (Wildman–Crippen MR) is 124 cm³/mol. The van der Waals surface area contributed by atoms with Gasteiger partial charge in [-0.25, -0.2) is 0 Å². The number of benzene rings is 2. The number of hydrogen-bond acceptors (Lipinski definition) is 7. The average Bonchev–Trinajstić information content (AvgIpc) is 3.33. The zero-order chi connectivity index (χ0) is 23.5. The number of piperazine rings is 1. The van der Waals surface area contributed by atoms with Gasteiger partial charge in [0.25, 0.3) is 5.89 Å². The molecule has 2 aromatic carbocycles. The van der Waals surface area contributed by atoms with E-state index >= 15 is 0 Å². The molecule has 2 aliphatic rings. The molecule has 9 heteroatoms. The average molecular weight is 468 g/mol. The minimum absolute atomic E-state index is 0.0842. The van der Waals surface area contributed by atoms with Gasteiger partial charge >= 0.3 is 6.43 Å². The van der Waals surface area contributed by atoms with Crippen LogP contribution in [-0.2, 0) is 11.3 Å². The van der Waals surface area contributed by atoms with Crippen LogP contribution in [0.1, 0.15) is 17.9 Å². The number of ether oxygens (including phenoxy) is 1. The summed E-state index contributed by atoms with van der Waals surface area (Å²) < 4.78 is 35.9. The minimum Gasteiger partial charge on any atom is -0.415 e. The standard InChI is InChI=1S/C25H27F2N5O2/c1-18(30-11-13-31(14-12-30)22-16-33-17-22)32(21-5-3-2-4-6-21)15-19-7-9-20(10-8-19)24-28-29-25(34-24)23(26)27/h2-10,22-23H,1,11-17H2. The van der Waals surface area contributed by atoms with Crippen molar-refractivity contribution in [2.45, 2.75) is 19.0 Å². The van der Waals surface area contributed by atoms with E-state index in [1.54, 1.807) is 0 Å². The van der Waals surface area contributed by atoms with Gasteiger partial charge in [-0.2, -0.15) is 8.78 Å². The number of nitrogens with zero attached hydrogens (tertiary/aromatic N) is 5. The van der Waals surface area contributed by atoms with Crippen LogP contribution in [-0.4, -0.2) is 65.4 Å². The molecule has 3 aromatic rings. The first kappa shape index (κ1) is 22.5. The van der Waals surface area contributed by atoms with Gasteiger partial charge in [-0.1, -0.05) is 36.9 Å². The largest absolute Gasteiger partial charge is 0.415 e. The number of alkyl halides is 2. The van der Waals surface area contributed by atoms with Crippen molar-refractivity contribution in [3.8, 4) is 11.5 Å². The molecular formula is C25H27F2N5O2. The van der Waals surface area contributed by atoms with Crippen LogP contribution in [0.5, 0.6) is 0 Å². The molecule has 0 atom stereocenters. The van der Waals surface area contributed by atoms with Crippen LogP contribution in [0.3, 0.4) is 0 Å². The molecule has 0 unspecified atom stereocenters. The number of anilines is 1. The first-order valence-corrected chi connectivity index (χ1v) is 11.4. The van der Waals surface area contributed by atoms with E-state index in [4.69, 9.17) is 9.15 Å². The Morgan fingerprint density at radius 3 is 2.29 bits per heavy atom. The highest BCUT2D eigenvalue weighted by molar-refractivity contribution is 5.55. The van der Waals surface area contributed by atoms with E-state index in [9.17, 15) is 8.78 Å². The van der Waals surface area contributed by atoms with Crippen molar-refractivity contribution < 1.29 is 17.9 Å². The fraction of sp³-hybridized carbons (Fsp3) is 0.360. The maximum Gasteiger partial charge on any atom is 0.314 e.